The molecule has 0 amide bonds. The molecule has 1 fully saturated rings. The Morgan fingerprint density at radius 1 is 1.27 bits per heavy atom. The number of nitrogens with zero attached hydrogens (tertiary/aromatic N) is 2. The number of hydrogen-bond acceptors (Lipinski definition) is 4. The Kier molecular flexibility index (Phi) is 3.99. The number of aromatic carboxylic acids is 1. The third kappa shape index (κ3) is 2.41. The highest BCUT2D eigenvalue weighted by Crippen LogP contribution is 2.36. The smallest absolute Gasteiger partial charge is 0.341 e. The summed E-state index contributed by atoms with van der Waals surface area (Å²) in [5.74, 6) is -1.77. The van der Waals surface area contributed by atoms with Crippen LogP contribution in [0.25, 0.3) is 10.9 Å². The number of carbonyl (C=O) groups is 1. The molecule has 3 heterocycles. The molecule has 2 aromatic rings. The number of hydrogen-bond donors (Lipinski definition) is 2. The highest BCUT2D eigenvalue weighted by Gasteiger charge is 2.29. The Morgan fingerprint density at radius 3 is 2.62 bits per heavy atom. The highest BCUT2D eigenvalue weighted by molar-refractivity contribution is 5.96. The number of aliphatic hydroxyl groups is 1. The van der Waals surface area contributed by atoms with Gasteiger partial charge < -0.3 is 19.7 Å². The molecule has 7 heteroatoms. The maximum Gasteiger partial charge on any atom is 0.341 e. The van der Waals surface area contributed by atoms with Gasteiger partial charge in [-0.15, -0.1) is 0 Å². The average molecular weight is 360 g/mol. The number of anilines is 1. The van der Waals surface area contributed by atoms with E-state index in [4.69, 9.17) is 0 Å². The highest BCUT2D eigenvalue weighted by atomic mass is 19.1. The molecule has 2 N–H and O–H groups in total. The third-order valence-corrected chi connectivity index (χ3v) is 5.64. The fourth-order valence-electron chi connectivity index (χ4n) is 4.38. The lowest BCUT2D eigenvalue weighted by atomic mass is 9.94. The van der Waals surface area contributed by atoms with Crippen molar-refractivity contribution >= 4 is 22.6 Å². The Labute approximate surface area is 149 Å². The topological polar surface area (TPSA) is 82.8 Å². The van der Waals surface area contributed by atoms with Gasteiger partial charge in [0.1, 0.15) is 11.4 Å². The Hall–Kier alpha value is -2.41. The van der Waals surface area contributed by atoms with Crippen molar-refractivity contribution in [1.29, 1.82) is 0 Å². The SMILES string of the molecule is Cc1c(C(=O)O)c(=O)c2cc(F)c(N3CCC(O)CC3)c3c2n1CCC3. The first-order chi connectivity index (χ1) is 12.4. The second-order valence-electron chi connectivity index (χ2n) is 7.15. The summed E-state index contributed by atoms with van der Waals surface area (Å²) in [4.78, 5) is 26.2. The number of aromatic nitrogens is 1. The fourth-order valence-corrected chi connectivity index (χ4v) is 4.38. The molecule has 0 bridgehead atoms. The summed E-state index contributed by atoms with van der Waals surface area (Å²) in [6.45, 7) is 3.37. The van der Waals surface area contributed by atoms with Gasteiger partial charge in [-0.25, -0.2) is 9.18 Å². The molecule has 4 rings (SSSR count). The zero-order chi connectivity index (χ0) is 18.6. The van der Waals surface area contributed by atoms with Gasteiger partial charge in [0, 0.05) is 36.3 Å². The Morgan fingerprint density at radius 2 is 1.96 bits per heavy atom. The van der Waals surface area contributed by atoms with Crippen molar-refractivity contribution in [2.45, 2.75) is 45.3 Å². The van der Waals surface area contributed by atoms with Gasteiger partial charge in [-0.3, -0.25) is 4.79 Å². The molecule has 1 aromatic heterocycles. The van der Waals surface area contributed by atoms with Crippen LogP contribution in [-0.4, -0.2) is 39.9 Å². The summed E-state index contributed by atoms with van der Waals surface area (Å²) in [5.41, 5.74) is 1.45. The van der Waals surface area contributed by atoms with E-state index in [1.807, 2.05) is 9.47 Å². The molecule has 2 aliphatic rings. The molecular formula is C19H21FN2O4. The molecule has 0 aliphatic carbocycles. The summed E-state index contributed by atoms with van der Waals surface area (Å²) in [7, 11) is 0. The van der Waals surface area contributed by atoms with Gasteiger partial charge >= 0.3 is 5.97 Å². The minimum Gasteiger partial charge on any atom is -0.477 e. The van der Waals surface area contributed by atoms with E-state index in [0.29, 0.717) is 55.8 Å². The fraction of sp³-hybridized carbons (Fsp3) is 0.474. The van der Waals surface area contributed by atoms with E-state index in [1.165, 1.54) is 6.07 Å². The van der Waals surface area contributed by atoms with Crippen LogP contribution in [0, 0.1) is 12.7 Å². The van der Waals surface area contributed by atoms with E-state index in [0.717, 1.165) is 12.0 Å². The molecule has 0 radical (unpaired) electrons. The molecule has 0 unspecified atom stereocenters. The van der Waals surface area contributed by atoms with Gasteiger partial charge in [0.15, 0.2) is 0 Å². The number of pyridine rings is 1. The number of aliphatic hydroxyl groups excluding tert-OH is 1. The molecule has 0 saturated carbocycles. The quantitative estimate of drug-likeness (QED) is 0.857. The van der Waals surface area contributed by atoms with E-state index in [9.17, 15) is 19.8 Å². The number of halogens is 1. The van der Waals surface area contributed by atoms with E-state index in [1.54, 1.807) is 6.92 Å². The van der Waals surface area contributed by atoms with Crippen molar-refractivity contribution < 1.29 is 19.4 Å². The van der Waals surface area contributed by atoms with Crippen molar-refractivity contribution in [3.8, 4) is 0 Å². The summed E-state index contributed by atoms with van der Waals surface area (Å²) in [6, 6.07) is 1.19. The van der Waals surface area contributed by atoms with E-state index in [-0.39, 0.29) is 17.1 Å². The van der Waals surface area contributed by atoms with Gasteiger partial charge in [-0.1, -0.05) is 0 Å². The predicted octanol–water partition coefficient (Wildman–Crippen LogP) is 2.05. The lowest BCUT2D eigenvalue weighted by molar-refractivity contribution is 0.0693. The molecule has 1 saturated heterocycles. The average Bonchev–Trinajstić information content (AvgIpc) is 2.60. The van der Waals surface area contributed by atoms with E-state index < -0.39 is 17.2 Å². The van der Waals surface area contributed by atoms with Crippen LogP contribution in [0.1, 0.15) is 40.9 Å². The lowest BCUT2D eigenvalue weighted by Crippen LogP contribution is -2.37. The van der Waals surface area contributed by atoms with Crippen LogP contribution in [-0.2, 0) is 13.0 Å². The first-order valence-corrected chi connectivity index (χ1v) is 8.95. The molecule has 26 heavy (non-hydrogen) atoms. The number of aryl methyl sites for hydroxylation is 2. The van der Waals surface area contributed by atoms with Crippen LogP contribution in [0.4, 0.5) is 10.1 Å². The second kappa shape index (κ2) is 6.09. The number of benzene rings is 1. The van der Waals surface area contributed by atoms with Crippen molar-refractivity contribution in [3.63, 3.8) is 0 Å². The normalized spacial score (nSPS) is 17.7. The number of rotatable bonds is 2. The summed E-state index contributed by atoms with van der Waals surface area (Å²) < 4.78 is 16.9. The molecular weight excluding hydrogens is 339 g/mol. The first-order valence-electron chi connectivity index (χ1n) is 8.95. The summed E-state index contributed by atoms with van der Waals surface area (Å²) in [6.07, 6.45) is 2.22. The van der Waals surface area contributed by atoms with Crippen LogP contribution < -0.4 is 10.3 Å². The van der Waals surface area contributed by atoms with Gasteiger partial charge in [0.05, 0.1) is 17.3 Å². The monoisotopic (exact) mass is 360 g/mol. The first kappa shape index (κ1) is 17.0. The summed E-state index contributed by atoms with van der Waals surface area (Å²) in [5, 5.41) is 19.3. The lowest BCUT2D eigenvalue weighted by Gasteiger charge is -2.35. The number of piperidine rings is 1. The molecule has 138 valence electrons. The molecule has 0 spiro atoms. The van der Waals surface area contributed by atoms with Crippen LogP contribution >= 0.6 is 0 Å². The number of carboxylic acid groups (broad SMARTS) is 1. The molecule has 0 atom stereocenters. The van der Waals surface area contributed by atoms with Crippen LogP contribution in [0.2, 0.25) is 0 Å². The van der Waals surface area contributed by atoms with Gasteiger partial charge in [-0.2, -0.15) is 0 Å². The largest absolute Gasteiger partial charge is 0.477 e. The van der Waals surface area contributed by atoms with Crippen LogP contribution in [0.5, 0.6) is 0 Å². The van der Waals surface area contributed by atoms with Crippen molar-refractivity contribution in [3.05, 3.63) is 38.9 Å². The van der Waals surface area contributed by atoms with Gasteiger partial charge in [-0.05, 0) is 38.7 Å². The van der Waals surface area contributed by atoms with Crippen molar-refractivity contribution in [2.24, 2.45) is 0 Å². The zero-order valence-electron chi connectivity index (χ0n) is 14.6. The third-order valence-electron chi connectivity index (χ3n) is 5.64. The standard InChI is InChI=1S/C19H21FN2O4/c1-10-15(19(25)26)18(24)13-9-14(20)17(21-7-4-11(23)5-8-21)12-3-2-6-22(10)16(12)13/h9,11,23H,2-8H2,1H3,(H,25,26). The van der Waals surface area contributed by atoms with Crippen molar-refractivity contribution in [1.82, 2.24) is 4.57 Å². The van der Waals surface area contributed by atoms with Crippen molar-refractivity contribution in [2.75, 3.05) is 18.0 Å². The Bertz CT molecular complexity index is 974. The molecule has 2 aliphatic heterocycles. The second-order valence-corrected chi connectivity index (χ2v) is 7.15. The zero-order valence-corrected chi connectivity index (χ0v) is 14.6. The minimum atomic E-state index is -1.28. The minimum absolute atomic E-state index is 0.140. The molecule has 1 aromatic carbocycles. The maximum absolute atomic E-state index is 15.0. The van der Waals surface area contributed by atoms with Gasteiger partial charge in [0.25, 0.3) is 0 Å². The summed E-state index contributed by atoms with van der Waals surface area (Å²) >= 11 is 0. The van der Waals surface area contributed by atoms with Gasteiger partial charge in [0.2, 0.25) is 5.43 Å². The Balaban J connectivity index is 2.02. The maximum atomic E-state index is 15.0. The number of carboxylic acids is 1. The van der Waals surface area contributed by atoms with Crippen LogP contribution in [0.3, 0.4) is 0 Å². The molecule has 6 nitrogen and oxygen atoms in total. The van der Waals surface area contributed by atoms with Crippen LogP contribution in [0.15, 0.2) is 10.9 Å². The van der Waals surface area contributed by atoms with E-state index in [2.05, 4.69) is 0 Å². The van der Waals surface area contributed by atoms with E-state index >= 15 is 4.39 Å². The predicted molar refractivity (Wildman–Crippen MR) is 95.6 cm³/mol.